The van der Waals surface area contributed by atoms with Crippen LogP contribution in [0.3, 0.4) is 0 Å². The van der Waals surface area contributed by atoms with Gasteiger partial charge >= 0.3 is 0 Å². The molecule has 0 bridgehead atoms. The summed E-state index contributed by atoms with van der Waals surface area (Å²) < 4.78 is 10.8. The van der Waals surface area contributed by atoms with E-state index in [-0.39, 0.29) is 4.32 Å². The van der Waals surface area contributed by atoms with E-state index in [1.54, 1.807) is 61.7 Å². The first kappa shape index (κ1) is 18.9. The second kappa shape index (κ2) is 8.24. The fraction of sp³-hybridized carbons (Fsp3) is 0.105. The first-order valence-electron chi connectivity index (χ1n) is 7.89. The van der Waals surface area contributed by atoms with Gasteiger partial charge in [-0.3, -0.25) is 15.0 Å². The van der Waals surface area contributed by atoms with Crippen LogP contribution < -0.4 is 14.9 Å². The van der Waals surface area contributed by atoms with E-state index in [4.69, 9.17) is 21.7 Å². The molecule has 0 spiro atoms. The molecule has 27 heavy (non-hydrogen) atoms. The highest BCUT2D eigenvalue weighted by Crippen LogP contribution is 2.34. The Morgan fingerprint density at radius 1 is 1.15 bits per heavy atom. The lowest BCUT2D eigenvalue weighted by Crippen LogP contribution is -2.44. The summed E-state index contributed by atoms with van der Waals surface area (Å²) >= 11 is 6.35. The van der Waals surface area contributed by atoms with Crippen molar-refractivity contribution in [2.45, 2.75) is 0 Å². The fourth-order valence-electron chi connectivity index (χ4n) is 2.40. The summed E-state index contributed by atoms with van der Waals surface area (Å²) in [7, 11) is 3.10. The zero-order chi connectivity index (χ0) is 19.4. The Hall–Kier alpha value is -2.84. The van der Waals surface area contributed by atoms with E-state index in [0.717, 1.165) is 16.8 Å². The lowest BCUT2D eigenvalue weighted by molar-refractivity contribution is -0.123. The minimum absolute atomic E-state index is 0.253. The van der Waals surface area contributed by atoms with E-state index in [0.29, 0.717) is 27.5 Å². The van der Waals surface area contributed by atoms with Gasteiger partial charge < -0.3 is 9.47 Å². The van der Waals surface area contributed by atoms with Crippen LogP contribution in [0.4, 0.5) is 0 Å². The Morgan fingerprint density at radius 2 is 1.89 bits per heavy atom. The standard InChI is InChI=1S/C19H16N2O4S2/c1-24-14-9-8-13(15(11-14)25-2)10-16-18(23)21(19(26)27-16)20-17(22)12-6-4-3-5-7-12/h3-11H,1-2H3,(H,20,22)/b16-10-. The molecule has 2 aromatic carbocycles. The molecule has 2 amide bonds. The number of methoxy groups -OCH3 is 2. The zero-order valence-corrected chi connectivity index (χ0v) is 16.2. The van der Waals surface area contributed by atoms with E-state index in [1.807, 2.05) is 0 Å². The van der Waals surface area contributed by atoms with Crippen molar-refractivity contribution in [2.75, 3.05) is 14.2 Å². The lowest BCUT2D eigenvalue weighted by atomic mass is 10.1. The van der Waals surface area contributed by atoms with Crippen LogP contribution in [0.2, 0.25) is 0 Å². The highest BCUT2D eigenvalue weighted by molar-refractivity contribution is 8.26. The lowest BCUT2D eigenvalue weighted by Gasteiger charge is -2.15. The molecule has 1 aliphatic heterocycles. The van der Waals surface area contributed by atoms with Gasteiger partial charge in [0.1, 0.15) is 11.5 Å². The third-order valence-corrected chi connectivity index (χ3v) is 5.07. The van der Waals surface area contributed by atoms with Crippen LogP contribution in [0.15, 0.2) is 53.4 Å². The number of carbonyl (C=O) groups excluding carboxylic acids is 2. The summed E-state index contributed by atoms with van der Waals surface area (Å²) in [6.45, 7) is 0. The second-order valence-electron chi connectivity index (χ2n) is 5.43. The number of hydrogen-bond acceptors (Lipinski definition) is 6. The molecule has 0 atom stereocenters. The molecular weight excluding hydrogens is 384 g/mol. The van der Waals surface area contributed by atoms with Crippen LogP contribution in [0.5, 0.6) is 11.5 Å². The van der Waals surface area contributed by atoms with Crippen molar-refractivity contribution in [3.8, 4) is 11.5 Å². The Morgan fingerprint density at radius 3 is 2.56 bits per heavy atom. The molecule has 0 aromatic heterocycles. The van der Waals surface area contributed by atoms with E-state index >= 15 is 0 Å². The Kier molecular flexibility index (Phi) is 5.78. The van der Waals surface area contributed by atoms with Gasteiger partial charge in [0.15, 0.2) is 4.32 Å². The Balaban J connectivity index is 1.82. The van der Waals surface area contributed by atoms with Crippen molar-refractivity contribution in [1.82, 2.24) is 10.4 Å². The summed E-state index contributed by atoms with van der Waals surface area (Å²) in [5, 5.41) is 1.08. The van der Waals surface area contributed by atoms with Crippen LogP contribution >= 0.6 is 24.0 Å². The number of hydrogen-bond donors (Lipinski definition) is 1. The highest BCUT2D eigenvalue weighted by Gasteiger charge is 2.34. The third kappa shape index (κ3) is 4.12. The van der Waals surface area contributed by atoms with Gasteiger partial charge in [-0.05, 0) is 42.6 Å². The van der Waals surface area contributed by atoms with Gasteiger partial charge in [0.25, 0.3) is 11.8 Å². The number of hydrazine groups is 1. The molecule has 3 rings (SSSR count). The van der Waals surface area contributed by atoms with Gasteiger partial charge in [-0.1, -0.05) is 30.0 Å². The Bertz CT molecular complexity index is 929. The molecule has 6 nitrogen and oxygen atoms in total. The number of rotatable bonds is 5. The number of nitrogens with one attached hydrogen (secondary N) is 1. The van der Waals surface area contributed by atoms with Gasteiger partial charge in [0.2, 0.25) is 0 Å². The predicted molar refractivity (Wildman–Crippen MR) is 108 cm³/mol. The van der Waals surface area contributed by atoms with Crippen LogP contribution in [-0.4, -0.2) is 35.4 Å². The summed E-state index contributed by atoms with van der Waals surface area (Å²) in [4.78, 5) is 25.4. The number of amides is 2. The molecule has 0 saturated carbocycles. The molecular formula is C19H16N2O4S2. The smallest absolute Gasteiger partial charge is 0.285 e. The molecule has 1 heterocycles. The number of carbonyl (C=O) groups is 2. The summed E-state index contributed by atoms with van der Waals surface area (Å²) in [5.74, 6) is 0.405. The maximum absolute atomic E-state index is 12.7. The van der Waals surface area contributed by atoms with Crippen molar-refractivity contribution in [2.24, 2.45) is 0 Å². The molecule has 0 aliphatic carbocycles. The van der Waals surface area contributed by atoms with Crippen molar-refractivity contribution in [3.63, 3.8) is 0 Å². The number of thiocarbonyl (C=S) groups is 1. The SMILES string of the molecule is COc1ccc(/C=C2\SC(=S)N(NC(=O)c3ccccc3)C2=O)c(OC)c1. The van der Waals surface area contributed by atoms with Crippen LogP contribution in [-0.2, 0) is 4.79 Å². The van der Waals surface area contributed by atoms with Crippen LogP contribution in [0, 0.1) is 0 Å². The van der Waals surface area contributed by atoms with Gasteiger partial charge in [0, 0.05) is 17.2 Å². The van der Waals surface area contributed by atoms with Crippen LogP contribution in [0.1, 0.15) is 15.9 Å². The van der Waals surface area contributed by atoms with Gasteiger partial charge in [-0.2, -0.15) is 5.01 Å². The van der Waals surface area contributed by atoms with E-state index in [9.17, 15) is 9.59 Å². The molecule has 0 unspecified atom stereocenters. The fourth-order valence-corrected chi connectivity index (χ4v) is 3.57. The van der Waals surface area contributed by atoms with E-state index in [2.05, 4.69) is 5.43 Å². The first-order chi connectivity index (χ1) is 13.0. The van der Waals surface area contributed by atoms with Gasteiger partial charge in [0.05, 0.1) is 19.1 Å². The molecule has 1 N–H and O–H groups in total. The highest BCUT2D eigenvalue weighted by atomic mass is 32.2. The molecule has 1 aliphatic rings. The van der Waals surface area contributed by atoms with Crippen molar-refractivity contribution in [1.29, 1.82) is 0 Å². The summed E-state index contributed by atoms with van der Waals surface area (Å²) in [5.41, 5.74) is 3.69. The quantitative estimate of drug-likeness (QED) is 0.614. The van der Waals surface area contributed by atoms with E-state index < -0.39 is 11.8 Å². The maximum Gasteiger partial charge on any atom is 0.285 e. The van der Waals surface area contributed by atoms with Gasteiger partial charge in [-0.25, -0.2) is 0 Å². The number of thioether (sulfide) groups is 1. The van der Waals surface area contributed by atoms with E-state index in [1.165, 1.54) is 7.11 Å². The first-order valence-corrected chi connectivity index (χ1v) is 9.12. The van der Waals surface area contributed by atoms with Crippen molar-refractivity contribution in [3.05, 3.63) is 64.6 Å². The number of benzene rings is 2. The zero-order valence-electron chi connectivity index (χ0n) is 14.6. The largest absolute Gasteiger partial charge is 0.497 e. The minimum atomic E-state index is -0.407. The van der Waals surface area contributed by atoms with Gasteiger partial charge in [-0.15, -0.1) is 0 Å². The Labute approximate surface area is 166 Å². The van der Waals surface area contributed by atoms with Crippen molar-refractivity contribution < 1.29 is 19.1 Å². The van der Waals surface area contributed by atoms with Crippen molar-refractivity contribution >= 4 is 46.2 Å². The average Bonchev–Trinajstić information content (AvgIpc) is 2.96. The molecule has 1 saturated heterocycles. The average molecular weight is 400 g/mol. The second-order valence-corrected chi connectivity index (χ2v) is 7.11. The topological polar surface area (TPSA) is 67.9 Å². The molecule has 138 valence electrons. The third-order valence-electron chi connectivity index (χ3n) is 3.77. The minimum Gasteiger partial charge on any atom is -0.497 e. The molecule has 0 radical (unpaired) electrons. The normalized spacial score (nSPS) is 15.2. The monoisotopic (exact) mass is 400 g/mol. The van der Waals surface area contributed by atoms with Crippen LogP contribution in [0.25, 0.3) is 6.08 Å². The molecule has 1 fully saturated rings. The predicted octanol–water partition coefficient (Wildman–Crippen LogP) is 3.25. The molecule has 8 heteroatoms. The number of ether oxygens (including phenoxy) is 2. The number of nitrogens with zero attached hydrogens (tertiary/aromatic N) is 1. The maximum atomic E-state index is 12.7. The summed E-state index contributed by atoms with van der Waals surface area (Å²) in [6.07, 6.45) is 1.67. The molecule has 2 aromatic rings. The summed E-state index contributed by atoms with van der Waals surface area (Å²) in [6, 6.07) is 13.9.